The average Bonchev–Trinajstić information content (AvgIpc) is 2.91. The van der Waals surface area contributed by atoms with Crippen molar-refractivity contribution in [3.8, 4) is 0 Å². The van der Waals surface area contributed by atoms with E-state index in [0.717, 1.165) is 4.90 Å². The summed E-state index contributed by atoms with van der Waals surface area (Å²) in [6, 6.07) is 8.74. The third kappa shape index (κ3) is 5.91. The summed E-state index contributed by atoms with van der Waals surface area (Å²) in [7, 11) is 0. The van der Waals surface area contributed by atoms with E-state index in [1.54, 1.807) is 17.0 Å². The van der Waals surface area contributed by atoms with Crippen molar-refractivity contribution in [2.45, 2.75) is 0 Å². The van der Waals surface area contributed by atoms with Crippen molar-refractivity contribution in [2.75, 3.05) is 41.3 Å². The fraction of sp³-hybridized carbons (Fsp3) is 0.160. The van der Waals surface area contributed by atoms with Gasteiger partial charge in [-0.05, 0) is 35.9 Å². The molecule has 204 valence electrons. The van der Waals surface area contributed by atoms with Gasteiger partial charge in [0.25, 0.3) is 5.69 Å². The van der Waals surface area contributed by atoms with E-state index in [4.69, 9.17) is 23.2 Å². The first-order chi connectivity index (χ1) is 18.5. The van der Waals surface area contributed by atoms with Crippen LogP contribution in [0.2, 0.25) is 10.0 Å². The van der Waals surface area contributed by atoms with Gasteiger partial charge in [-0.1, -0.05) is 29.3 Å². The molecule has 3 aromatic rings. The van der Waals surface area contributed by atoms with Crippen molar-refractivity contribution < 1.29 is 31.7 Å². The Kier molecular flexibility index (Phi) is 8.26. The maximum atomic E-state index is 14.2. The highest BCUT2D eigenvalue weighted by Crippen LogP contribution is 2.34. The third-order valence-electron chi connectivity index (χ3n) is 5.93. The Hall–Kier alpha value is -3.90. The zero-order valence-electron chi connectivity index (χ0n) is 19.7. The van der Waals surface area contributed by atoms with Crippen molar-refractivity contribution in [3.05, 3.63) is 97.3 Å². The van der Waals surface area contributed by atoms with Gasteiger partial charge in [0.2, 0.25) is 11.7 Å². The summed E-state index contributed by atoms with van der Waals surface area (Å²) in [4.78, 5) is 25.5. The normalized spacial score (nSPS) is 13.7. The van der Waals surface area contributed by atoms with Gasteiger partial charge in [-0.2, -0.15) is 0 Å². The number of nitrogens with one attached hydrogen (secondary N) is 1. The largest absolute Gasteiger partial charge is 0.367 e. The first kappa shape index (κ1) is 28.1. The molecule has 14 heteroatoms. The molecule has 0 bridgehead atoms. The molecular formula is C25H17Cl2F5N4O3. The van der Waals surface area contributed by atoms with Crippen LogP contribution in [0, 0.1) is 39.2 Å². The van der Waals surface area contributed by atoms with Gasteiger partial charge in [0.15, 0.2) is 23.3 Å². The summed E-state index contributed by atoms with van der Waals surface area (Å²) in [5.74, 6) is -10.5. The van der Waals surface area contributed by atoms with Gasteiger partial charge in [-0.25, -0.2) is 22.0 Å². The second-order valence-corrected chi connectivity index (χ2v) is 9.16. The van der Waals surface area contributed by atoms with Gasteiger partial charge in [0.1, 0.15) is 10.7 Å². The summed E-state index contributed by atoms with van der Waals surface area (Å²) in [6.07, 6.45) is 2.55. The van der Waals surface area contributed by atoms with Gasteiger partial charge in [-0.3, -0.25) is 14.9 Å². The molecule has 1 fully saturated rings. The molecule has 0 spiro atoms. The van der Waals surface area contributed by atoms with E-state index in [0.29, 0.717) is 16.9 Å². The highest BCUT2D eigenvalue weighted by atomic mass is 35.5. The number of halogens is 7. The van der Waals surface area contributed by atoms with Crippen molar-refractivity contribution >= 4 is 57.9 Å². The van der Waals surface area contributed by atoms with Crippen molar-refractivity contribution in [2.24, 2.45) is 0 Å². The summed E-state index contributed by atoms with van der Waals surface area (Å²) in [5, 5.41) is 13.8. The Labute approximate surface area is 228 Å². The number of benzene rings is 3. The number of rotatable bonds is 6. The molecule has 4 rings (SSSR count). The number of carbonyl (C=O) groups is 1. The molecule has 1 aliphatic rings. The molecule has 1 N–H and O–H groups in total. The van der Waals surface area contributed by atoms with Crippen molar-refractivity contribution in [1.29, 1.82) is 0 Å². The van der Waals surface area contributed by atoms with Crippen LogP contribution in [-0.4, -0.2) is 37.0 Å². The number of piperazine rings is 1. The van der Waals surface area contributed by atoms with Gasteiger partial charge < -0.3 is 15.1 Å². The molecule has 1 heterocycles. The standard InChI is InChI=1S/C25H17Cl2F5N4O3/c26-15-4-1-13(11-18(15)36(38)39)2-6-19(37)33-14-3-5-17(16(27)12-14)34-7-9-35(10-8-34)25-23(31)21(29)20(28)22(30)24(25)32/h1-6,11-12H,7-10H2,(H,33,37)/b6-2+. The number of hydrogen-bond acceptors (Lipinski definition) is 5. The molecule has 39 heavy (non-hydrogen) atoms. The number of nitro groups is 1. The van der Waals surface area contributed by atoms with Crippen LogP contribution in [0.4, 0.5) is 44.7 Å². The minimum atomic E-state index is -2.21. The SMILES string of the molecule is O=C(/C=C/c1ccc(Cl)c([N+](=O)[O-])c1)Nc1ccc(N2CCN(c3c(F)c(F)c(F)c(F)c3F)CC2)c(Cl)c1. The molecule has 7 nitrogen and oxygen atoms in total. The van der Waals surface area contributed by atoms with Gasteiger partial charge in [-0.15, -0.1) is 0 Å². The summed E-state index contributed by atoms with van der Waals surface area (Å²) >= 11 is 12.2. The number of nitrogens with zero attached hydrogens (tertiary/aromatic N) is 3. The third-order valence-corrected chi connectivity index (χ3v) is 6.55. The monoisotopic (exact) mass is 586 g/mol. The molecule has 0 saturated carbocycles. The van der Waals surface area contributed by atoms with Crippen LogP contribution in [-0.2, 0) is 4.79 Å². The fourth-order valence-corrected chi connectivity index (χ4v) is 4.50. The maximum Gasteiger partial charge on any atom is 0.288 e. The van der Waals surface area contributed by atoms with E-state index in [9.17, 15) is 36.9 Å². The molecule has 1 saturated heterocycles. The van der Waals surface area contributed by atoms with Crippen molar-refractivity contribution in [3.63, 3.8) is 0 Å². The van der Waals surface area contributed by atoms with E-state index < -0.39 is 45.6 Å². The number of amides is 1. The van der Waals surface area contributed by atoms with E-state index in [1.807, 2.05) is 0 Å². The van der Waals surface area contributed by atoms with E-state index in [-0.39, 0.29) is 41.9 Å². The number of carbonyl (C=O) groups excluding carboxylic acids is 1. The summed E-state index contributed by atoms with van der Waals surface area (Å²) in [5.41, 5.74) is 0.00192. The Morgan fingerprint density at radius 3 is 2.03 bits per heavy atom. The average molecular weight is 587 g/mol. The lowest BCUT2D eigenvalue weighted by Crippen LogP contribution is -2.47. The Balaban J connectivity index is 1.40. The minimum absolute atomic E-state index is 0.0321. The smallest absolute Gasteiger partial charge is 0.288 e. The highest BCUT2D eigenvalue weighted by molar-refractivity contribution is 6.33. The van der Waals surface area contributed by atoms with Crippen LogP contribution in [0.3, 0.4) is 0 Å². The summed E-state index contributed by atoms with van der Waals surface area (Å²) in [6.45, 7) is 0.253. The predicted octanol–water partition coefficient (Wildman–Crippen LogP) is 6.58. The van der Waals surface area contributed by atoms with Crippen molar-refractivity contribution in [1.82, 2.24) is 0 Å². The maximum absolute atomic E-state index is 14.2. The Morgan fingerprint density at radius 1 is 0.846 bits per heavy atom. The lowest BCUT2D eigenvalue weighted by atomic mass is 10.1. The second kappa shape index (κ2) is 11.5. The number of nitro benzene ring substituents is 1. The molecule has 3 aromatic carbocycles. The molecule has 0 aliphatic carbocycles. The number of anilines is 3. The van der Waals surface area contributed by atoms with Crippen LogP contribution in [0.15, 0.2) is 42.5 Å². The predicted molar refractivity (Wildman–Crippen MR) is 138 cm³/mol. The minimum Gasteiger partial charge on any atom is -0.367 e. The second-order valence-electron chi connectivity index (χ2n) is 8.35. The first-order valence-corrected chi connectivity index (χ1v) is 12.0. The Bertz CT molecular complexity index is 1470. The summed E-state index contributed by atoms with van der Waals surface area (Å²) < 4.78 is 68.9. The van der Waals surface area contributed by atoms with E-state index in [2.05, 4.69) is 5.32 Å². The lowest BCUT2D eigenvalue weighted by molar-refractivity contribution is -0.384. The highest BCUT2D eigenvalue weighted by Gasteiger charge is 2.31. The zero-order valence-corrected chi connectivity index (χ0v) is 21.2. The van der Waals surface area contributed by atoms with Crippen LogP contribution < -0.4 is 15.1 Å². The molecular weight excluding hydrogens is 570 g/mol. The van der Waals surface area contributed by atoms with Crippen LogP contribution in [0.5, 0.6) is 0 Å². The van der Waals surface area contributed by atoms with E-state index in [1.165, 1.54) is 36.4 Å². The molecule has 0 unspecified atom stereocenters. The first-order valence-electron chi connectivity index (χ1n) is 11.2. The molecule has 1 amide bonds. The van der Waals surface area contributed by atoms with E-state index >= 15 is 0 Å². The zero-order chi connectivity index (χ0) is 28.4. The van der Waals surface area contributed by atoms with Crippen LogP contribution in [0.1, 0.15) is 5.56 Å². The van der Waals surface area contributed by atoms with Crippen LogP contribution in [0.25, 0.3) is 6.08 Å². The Morgan fingerprint density at radius 2 is 1.44 bits per heavy atom. The molecule has 0 radical (unpaired) electrons. The van der Waals surface area contributed by atoms with Crippen LogP contribution >= 0.6 is 23.2 Å². The molecule has 0 atom stereocenters. The fourth-order valence-electron chi connectivity index (χ4n) is 4.01. The topological polar surface area (TPSA) is 78.7 Å². The van der Waals surface area contributed by atoms with Gasteiger partial charge in [0, 0.05) is 44.0 Å². The van der Waals surface area contributed by atoms with Gasteiger partial charge >= 0.3 is 0 Å². The molecule has 0 aromatic heterocycles. The lowest BCUT2D eigenvalue weighted by Gasteiger charge is -2.38. The van der Waals surface area contributed by atoms with Gasteiger partial charge in [0.05, 0.1) is 15.6 Å². The quantitative estimate of drug-likeness (QED) is 0.0882. The number of hydrogen-bond donors (Lipinski definition) is 1. The molecule has 1 aliphatic heterocycles.